The highest BCUT2D eigenvalue weighted by atomic mass is 19.1. The van der Waals surface area contributed by atoms with E-state index < -0.39 is 0 Å². The number of rotatable bonds is 5. The third-order valence-corrected chi connectivity index (χ3v) is 5.26. The molecule has 2 bridgehead atoms. The number of hydrogen-bond donors (Lipinski definition) is 1. The third-order valence-electron chi connectivity index (χ3n) is 5.26. The van der Waals surface area contributed by atoms with Gasteiger partial charge in [0.15, 0.2) is 0 Å². The predicted octanol–water partition coefficient (Wildman–Crippen LogP) is 4.61. The Morgan fingerprint density at radius 2 is 2.10 bits per heavy atom. The van der Waals surface area contributed by atoms with E-state index >= 15 is 0 Å². The fourth-order valence-corrected chi connectivity index (χ4v) is 4.46. The van der Waals surface area contributed by atoms with Crippen LogP contribution in [0.3, 0.4) is 0 Å². The first-order chi connectivity index (χ1) is 9.67. The Morgan fingerprint density at radius 3 is 2.70 bits per heavy atom. The summed E-state index contributed by atoms with van der Waals surface area (Å²) < 4.78 is 13.8. The third kappa shape index (κ3) is 2.76. The van der Waals surface area contributed by atoms with Crippen molar-refractivity contribution in [3.63, 3.8) is 0 Å². The summed E-state index contributed by atoms with van der Waals surface area (Å²) in [7, 11) is 0. The van der Waals surface area contributed by atoms with Crippen LogP contribution in [0.15, 0.2) is 18.2 Å². The molecule has 1 aromatic rings. The number of hydrogen-bond acceptors (Lipinski definition) is 1. The molecule has 0 heterocycles. The minimum absolute atomic E-state index is 0.0912. The van der Waals surface area contributed by atoms with Crippen molar-refractivity contribution >= 4 is 0 Å². The summed E-state index contributed by atoms with van der Waals surface area (Å²) in [4.78, 5) is 0. The lowest BCUT2D eigenvalue weighted by molar-refractivity contribution is 0.250. The molecule has 2 aliphatic rings. The first-order valence-corrected chi connectivity index (χ1v) is 8.18. The minimum Gasteiger partial charge on any atom is -0.310 e. The highest BCUT2D eigenvalue weighted by molar-refractivity contribution is 5.27. The van der Waals surface area contributed by atoms with Crippen LogP contribution in [0.25, 0.3) is 0 Å². The summed E-state index contributed by atoms with van der Waals surface area (Å²) in [5.74, 6) is 2.41. The molecule has 0 aromatic heterocycles. The Labute approximate surface area is 122 Å². The van der Waals surface area contributed by atoms with E-state index in [0.29, 0.717) is 12.0 Å². The van der Waals surface area contributed by atoms with E-state index in [1.165, 1.54) is 25.7 Å². The molecule has 1 nitrogen and oxygen atoms in total. The van der Waals surface area contributed by atoms with E-state index in [-0.39, 0.29) is 5.82 Å². The van der Waals surface area contributed by atoms with E-state index in [2.05, 4.69) is 18.3 Å². The van der Waals surface area contributed by atoms with Gasteiger partial charge in [-0.2, -0.15) is 0 Å². The highest BCUT2D eigenvalue weighted by Gasteiger charge is 2.43. The van der Waals surface area contributed by atoms with Crippen LogP contribution in [-0.2, 0) is 0 Å². The maximum absolute atomic E-state index is 13.8. The molecule has 0 amide bonds. The number of halogens is 1. The van der Waals surface area contributed by atoms with Gasteiger partial charge in [0.05, 0.1) is 0 Å². The van der Waals surface area contributed by atoms with E-state index in [1.54, 1.807) is 12.1 Å². The maximum Gasteiger partial charge on any atom is 0.123 e. The summed E-state index contributed by atoms with van der Waals surface area (Å²) in [5.41, 5.74) is 2.19. The van der Waals surface area contributed by atoms with Crippen LogP contribution in [0.4, 0.5) is 4.39 Å². The van der Waals surface area contributed by atoms with Gasteiger partial charge in [0.2, 0.25) is 0 Å². The molecule has 20 heavy (non-hydrogen) atoms. The zero-order chi connectivity index (χ0) is 14.1. The molecule has 2 aliphatic carbocycles. The Morgan fingerprint density at radius 1 is 1.25 bits per heavy atom. The molecule has 0 spiro atoms. The van der Waals surface area contributed by atoms with Gasteiger partial charge in [-0.3, -0.25) is 0 Å². The lowest BCUT2D eigenvalue weighted by atomic mass is 9.80. The monoisotopic (exact) mass is 275 g/mol. The summed E-state index contributed by atoms with van der Waals surface area (Å²) in [5, 5.41) is 3.70. The van der Waals surface area contributed by atoms with Crippen molar-refractivity contribution in [2.24, 2.45) is 17.8 Å². The molecule has 1 aromatic carbocycles. The van der Waals surface area contributed by atoms with Crippen molar-refractivity contribution in [1.29, 1.82) is 0 Å². The molecule has 4 atom stereocenters. The lowest BCUT2D eigenvalue weighted by Crippen LogP contribution is -2.32. The molecule has 110 valence electrons. The van der Waals surface area contributed by atoms with Crippen molar-refractivity contribution in [2.75, 3.05) is 6.54 Å². The van der Waals surface area contributed by atoms with Crippen LogP contribution in [0, 0.1) is 30.5 Å². The Kier molecular flexibility index (Phi) is 4.11. The fraction of sp³-hybridized carbons (Fsp3) is 0.667. The van der Waals surface area contributed by atoms with E-state index in [1.807, 2.05) is 6.92 Å². The molecule has 3 rings (SSSR count). The van der Waals surface area contributed by atoms with Crippen molar-refractivity contribution in [1.82, 2.24) is 5.32 Å². The van der Waals surface area contributed by atoms with Crippen LogP contribution in [-0.4, -0.2) is 6.54 Å². The van der Waals surface area contributed by atoms with Crippen molar-refractivity contribution in [3.05, 3.63) is 35.1 Å². The average Bonchev–Trinajstić information content (AvgIpc) is 3.00. The maximum atomic E-state index is 13.8. The minimum atomic E-state index is -0.0912. The van der Waals surface area contributed by atoms with E-state index in [0.717, 1.165) is 35.9 Å². The molecule has 2 saturated carbocycles. The number of aryl methyl sites for hydroxylation is 1. The predicted molar refractivity (Wildman–Crippen MR) is 81.1 cm³/mol. The van der Waals surface area contributed by atoms with Gasteiger partial charge in [-0.05, 0) is 80.2 Å². The van der Waals surface area contributed by atoms with E-state index in [4.69, 9.17) is 0 Å². The Balaban J connectivity index is 1.85. The molecular weight excluding hydrogens is 249 g/mol. The van der Waals surface area contributed by atoms with Gasteiger partial charge in [0.1, 0.15) is 5.82 Å². The van der Waals surface area contributed by atoms with Gasteiger partial charge in [-0.15, -0.1) is 0 Å². The van der Waals surface area contributed by atoms with Crippen LogP contribution >= 0.6 is 0 Å². The van der Waals surface area contributed by atoms with Gasteiger partial charge in [0.25, 0.3) is 0 Å². The van der Waals surface area contributed by atoms with E-state index in [9.17, 15) is 4.39 Å². The second-order valence-electron chi connectivity index (χ2n) is 6.83. The topological polar surface area (TPSA) is 12.0 Å². The zero-order valence-electron chi connectivity index (χ0n) is 12.7. The summed E-state index contributed by atoms with van der Waals surface area (Å²) in [6, 6.07) is 5.88. The Bertz CT molecular complexity index is 450. The lowest BCUT2D eigenvalue weighted by Gasteiger charge is -2.32. The van der Waals surface area contributed by atoms with Gasteiger partial charge in [-0.1, -0.05) is 19.4 Å². The SMILES string of the molecule is CCCNC(c1cc(C)cc(F)c1)C1CC2CCC1C2. The number of fused-ring (bicyclic) bond motifs is 2. The standard InChI is InChI=1S/C18H26FN/c1-3-6-20-18(15-7-12(2)8-16(19)11-15)17-10-13-4-5-14(17)9-13/h7-8,11,13-14,17-18,20H,3-6,9-10H2,1-2H3. The molecule has 0 aliphatic heterocycles. The van der Waals surface area contributed by atoms with Crippen molar-refractivity contribution in [2.45, 2.75) is 52.0 Å². The van der Waals surface area contributed by atoms with Crippen molar-refractivity contribution < 1.29 is 4.39 Å². The van der Waals surface area contributed by atoms with Gasteiger partial charge in [-0.25, -0.2) is 4.39 Å². The summed E-state index contributed by atoms with van der Waals surface area (Å²) in [6.07, 6.45) is 6.67. The first-order valence-electron chi connectivity index (χ1n) is 8.18. The number of nitrogens with one attached hydrogen (secondary N) is 1. The van der Waals surface area contributed by atoms with Crippen molar-refractivity contribution in [3.8, 4) is 0 Å². The summed E-state index contributed by atoms with van der Waals surface area (Å²) in [6.45, 7) is 5.21. The zero-order valence-corrected chi connectivity index (χ0v) is 12.7. The quantitative estimate of drug-likeness (QED) is 0.827. The largest absolute Gasteiger partial charge is 0.310 e. The fourth-order valence-electron chi connectivity index (χ4n) is 4.46. The van der Waals surface area contributed by atoms with Crippen LogP contribution in [0.5, 0.6) is 0 Å². The second kappa shape index (κ2) is 5.85. The van der Waals surface area contributed by atoms with Crippen LogP contribution in [0.1, 0.15) is 56.2 Å². The first kappa shape index (κ1) is 14.1. The van der Waals surface area contributed by atoms with Gasteiger partial charge >= 0.3 is 0 Å². The normalized spacial score (nSPS) is 29.9. The van der Waals surface area contributed by atoms with Crippen LogP contribution < -0.4 is 5.32 Å². The van der Waals surface area contributed by atoms with Gasteiger partial charge in [0, 0.05) is 6.04 Å². The smallest absolute Gasteiger partial charge is 0.123 e. The molecule has 1 N–H and O–H groups in total. The highest BCUT2D eigenvalue weighted by Crippen LogP contribution is 2.52. The number of benzene rings is 1. The Hall–Kier alpha value is -0.890. The molecule has 0 radical (unpaired) electrons. The second-order valence-corrected chi connectivity index (χ2v) is 6.83. The average molecular weight is 275 g/mol. The summed E-state index contributed by atoms with van der Waals surface area (Å²) >= 11 is 0. The molecule has 2 fully saturated rings. The van der Waals surface area contributed by atoms with Crippen LogP contribution in [0.2, 0.25) is 0 Å². The molecule has 2 heteroatoms. The molecule has 0 saturated heterocycles. The van der Waals surface area contributed by atoms with Gasteiger partial charge < -0.3 is 5.32 Å². The molecule has 4 unspecified atom stereocenters. The molecular formula is C18H26FN.